The Balaban J connectivity index is 0.763. The fraction of sp³-hybridized carbons (Fsp3) is 0.451. The third kappa shape index (κ3) is 12.1. The fourth-order valence-electron chi connectivity index (χ4n) is 9.10. The van der Waals surface area contributed by atoms with Gasteiger partial charge in [-0.2, -0.15) is 0 Å². The van der Waals surface area contributed by atoms with Crippen molar-refractivity contribution in [3.05, 3.63) is 104 Å². The molecule has 3 aliphatic heterocycles. The van der Waals surface area contributed by atoms with Gasteiger partial charge >= 0.3 is 0 Å². The van der Waals surface area contributed by atoms with Gasteiger partial charge in [-0.05, 0) is 87.3 Å². The van der Waals surface area contributed by atoms with Crippen LogP contribution in [-0.2, 0) is 45.3 Å². The maximum absolute atomic E-state index is 14.0. The molecular formula is C51H61N5O10S2. The average molecular weight is 968 g/mol. The van der Waals surface area contributed by atoms with Crippen molar-refractivity contribution in [2.45, 2.75) is 109 Å². The quantitative estimate of drug-likeness (QED) is 0.0375. The number of amides is 6. The number of hydrogen-bond donors (Lipinski definition) is 2. The van der Waals surface area contributed by atoms with E-state index in [1.165, 1.54) is 30.3 Å². The number of carbonyl (C=O) groups excluding carboxylic acids is 6. The molecule has 4 aromatic rings. The number of anilines is 1. The molecule has 1 aromatic heterocycles. The number of benzene rings is 3. The Labute approximate surface area is 405 Å². The van der Waals surface area contributed by atoms with E-state index in [1.807, 2.05) is 24.4 Å². The van der Waals surface area contributed by atoms with Crippen molar-refractivity contribution in [1.82, 2.24) is 20.0 Å². The van der Waals surface area contributed by atoms with Crippen LogP contribution < -0.4 is 24.8 Å². The van der Waals surface area contributed by atoms with E-state index in [-0.39, 0.29) is 41.0 Å². The van der Waals surface area contributed by atoms with Crippen LogP contribution in [0.5, 0.6) is 17.2 Å². The highest BCUT2D eigenvalue weighted by molar-refractivity contribution is 7.90. The molecule has 1 fully saturated rings. The van der Waals surface area contributed by atoms with Gasteiger partial charge in [0, 0.05) is 41.8 Å². The number of thiophene rings is 1. The average Bonchev–Trinajstić information content (AvgIpc) is 3.95. The highest BCUT2D eigenvalue weighted by Gasteiger charge is 2.44. The minimum absolute atomic E-state index is 0.0314. The van der Waals surface area contributed by atoms with E-state index in [0.717, 1.165) is 79.1 Å². The molecule has 0 saturated carbocycles. The van der Waals surface area contributed by atoms with Crippen LogP contribution in [0, 0.1) is 0 Å². The summed E-state index contributed by atoms with van der Waals surface area (Å²) in [5.74, 6) is -0.428. The highest BCUT2D eigenvalue weighted by atomic mass is 32.2. The predicted octanol–water partition coefficient (Wildman–Crippen LogP) is 7.79. The summed E-state index contributed by atoms with van der Waals surface area (Å²) in [7, 11) is 3.66. The minimum Gasteiger partial charge on any atom is -0.616 e. The van der Waals surface area contributed by atoms with E-state index in [0.29, 0.717) is 67.3 Å². The summed E-state index contributed by atoms with van der Waals surface area (Å²) in [4.78, 5) is 83.9. The molecule has 3 atom stereocenters. The molecule has 3 aliphatic rings. The van der Waals surface area contributed by atoms with Crippen LogP contribution in [0.15, 0.2) is 66.0 Å². The van der Waals surface area contributed by atoms with Crippen molar-refractivity contribution in [2.24, 2.45) is 0 Å². The molecule has 0 radical (unpaired) electrons. The monoisotopic (exact) mass is 967 g/mol. The van der Waals surface area contributed by atoms with Gasteiger partial charge in [-0.1, -0.05) is 74.0 Å². The summed E-state index contributed by atoms with van der Waals surface area (Å²) in [5.41, 5.74) is 3.91. The Kier molecular flexibility index (Phi) is 17.3. The number of ether oxygens (including phenoxy) is 3. The second-order valence-electron chi connectivity index (χ2n) is 17.6. The summed E-state index contributed by atoms with van der Waals surface area (Å²) in [6.07, 6.45) is 10.7. The molecule has 362 valence electrons. The van der Waals surface area contributed by atoms with Gasteiger partial charge < -0.3 is 33.9 Å². The number of hydrogen-bond acceptors (Lipinski definition) is 12. The molecule has 4 heterocycles. The van der Waals surface area contributed by atoms with Gasteiger partial charge in [-0.15, -0.1) is 11.3 Å². The molecule has 6 amide bonds. The number of nitrogens with zero attached hydrogens (tertiary/aromatic N) is 3. The zero-order chi connectivity index (χ0) is 48.3. The van der Waals surface area contributed by atoms with Crippen molar-refractivity contribution in [1.29, 1.82) is 0 Å². The van der Waals surface area contributed by atoms with Crippen LogP contribution in [0.1, 0.15) is 136 Å². The number of unbranched alkanes of at least 4 members (excludes halogenated alkanes) is 7. The van der Waals surface area contributed by atoms with Gasteiger partial charge in [-0.25, -0.2) is 0 Å². The molecule has 0 aliphatic carbocycles. The van der Waals surface area contributed by atoms with Gasteiger partial charge in [0.05, 0.1) is 42.4 Å². The number of carbonyl (C=O) groups is 6. The summed E-state index contributed by atoms with van der Waals surface area (Å²) in [6, 6.07) is 16.6. The van der Waals surface area contributed by atoms with E-state index in [9.17, 15) is 33.3 Å². The first-order chi connectivity index (χ1) is 32.9. The fourth-order valence-corrected chi connectivity index (χ4v) is 10.8. The lowest BCUT2D eigenvalue weighted by molar-refractivity contribution is -0.137. The van der Waals surface area contributed by atoms with Crippen LogP contribution >= 0.6 is 11.3 Å². The standard InChI is InChI=1S/C51H61N5O10S2/c1-5-65-43-27-34(20-24-42(43)64-3)41(32-68(4)63)56-50(61)36-15-14-16-39(47(36)51(56)62)52-45(57)17-12-10-8-6-7-9-11-13-26-54(2)28-33-18-21-35(22-19-33)66-30-44-37-29-55(49(60)38(37)31-67-44)40-23-25-46(58)53-48(40)59/h14-16,18-22,24,27,31,40-41H,5-13,17,23,25-26,28-30,32H2,1-4H3,(H,52,57)(H,53,58,59). The second kappa shape index (κ2) is 23.5. The van der Waals surface area contributed by atoms with Gasteiger partial charge in [-0.3, -0.25) is 39.0 Å². The maximum Gasteiger partial charge on any atom is 0.264 e. The molecule has 2 N–H and O–H groups in total. The van der Waals surface area contributed by atoms with Crippen LogP contribution in [0.25, 0.3) is 0 Å². The van der Waals surface area contributed by atoms with Crippen molar-refractivity contribution < 1.29 is 47.5 Å². The Hall–Kier alpha value is -5.75. The van der Waals surface area contributed by atoms with Crippen molar-refractivity contribution in [3.8, 4) is 17.2 Å². The molecule has 1 saturated heterocycles. The molecule has 68 heavy (non-hydrogen) atoms. The Morgan fingerprint density at radius 2 is 1.65 bits per heavy atom. The summed E-state index contributed by atoms with van der Waals surface area (Å²) >= 11 is 0.134. The second-order valence-corrected chi connectivity index (χ2v) is 20.0. The van der Waals surface area contributed by atoms with Crippen LogP contribution in [0.2, 0.25) is 0 Å². The van der Waals surface area contributed by atoms with Crippen LogP contribution in [0.3, 0.4) is 0 Å². The minimum atomic E-state index is -1.35. The lowest BCUT2D eigenvalue weighted by Crippen LogP contribution is -2.52. The smallest absolute Gasteiger partial charge is 0.264 e. The largest absolute Gasteiger partial charge is 0.616 e. The lowest BCUT2D eigenvalue weighted by atomic mass is 10.0. The van der Waals surface area contributed by atoms with E-state index in [4.69, 9.17) is 14.2 Å². The van der Waals surface area contributed by atoms with Gasteiger partial charge in [0.25, 0.3) is 17.7 Å². The number of fused-ring (bicyclic) bond motifs is 2. The summed E-state index contributed by atoms with van der Waals surface area (Å²) in [6.45, 7) is 4.71. The van der Waals surface area contributed by atoms with Gasteiger partial charge in [0.1, 0.15) is 30.2 Å². The van der Waals surface area contributed by atoms with Crippen molar-refractivity contribution in [3.63, 3.8) is 0 Å². The van der Waals surface area contributed by atoms with Gasteiger partial charge in [0.15, 0.2) is 11.5 Å². The molecule has 15 nitrogen and oxygen atoms in total. The number of imide groups is 2. The third-order valence-electron chi connectivity index (χ3n) is 12.6. The Morgan fingerprint density at radius 3 is 2.35 bits per heavy atom. The molecule has 3 unspecified atom stereocenters. The first-order valence-electron chi connectivity index (χ1n) is 23.4. The van der Waals surface area contributed by atoms with E-state index in [2.05, 4.69) is 34.7 Å². The molecule has 17 heteroatoms. The molecule has 7 rings (SSSR count). The van der Waals surface area contributed by atoms with E-state index in [1.54, 1.807) is 41.3 Å². The molecule has 0 spiro atoms. The number of piperidine rings is 1. The van der Waals surface area contributed by atoms with E-state index >= 15 is 0 Å². The number of rotatable bonds is 25. The van der Waals surface area contributed by atoms with Crippen molar-refractivity contribution in [2.75, 3.05) is 44.6 Å². The van der Waals surface area contributed by atoms with Crippen LogP contribution in [0.4, 0.5) is 5.69 Å². The van der Waals surface area contributed by atoms with Crippen LogP contribution in [-0.4, -0.2) is 100 Å². The molecule has 0 bridgehead atoms. The summed E-state index contributed by atoms with van der Waals surface area (Å²) < 4.78 is 29.8. The number of methoxy groups -OCH3 is 1. The normalized spacial score (nSPS) is 16.5. The first kappa shape index (κ1) is 50.1. The predicted molar refractivity (Wildman–Crippen MR) is 260 cm³/mol. The Bertz CT molecular complexity index is 2480. The first-order valence-corrected chi connectivity index (χ1v) is 26.0. The van der Waals surface area contributed by atoms with E-state index < -0.39 is 41.0 Å². The zero-order valence-corrected chi connectivity index (χ0v) is 40.9. The topological polar surface area (TPSA) is 187 Å². The molecular weight excluding hydrogens is 907 g/mol. The highest BCUT2D eigenvalue weighted by Crippen LogP contribution is 2.39. The molecule has 3 aromatic carbocycles. The summed E-state index contributed by atoms with van der Waals surface area (Å²) in [5, 5.41) is 7.06. The maximum atomic E-state index is 14.0. The number of nitrogens with one attached hydrogen (secondary N) is 2. The Morgan fingerprint density at radius 1 is 0.912 bits per heavy atom. The lowest BCUT2D eigenvalue weighted by Gasteiger charge is -2.29. The zero-order valence-electron chi connectivity index (χ0n) is 39.3. The van der Waals surface area contributed by atoms with Gasteiger partial charge in [0.2, 0.25) is 17.7 Å². The third-order valence-corrected chi connectivity index (χ3v) is 14.4. The SMILES string of the molecule is CCOc1cc(C(C[S+](C)[O-])N2C(=O)c3cccc(NC(=O)CCCCCCCCCCN(C)Cc4ccc(OCc5scc6c5CN(C5CCC(=O)NC5=O)C6=O)cc4)c3C2=O)ccc1OC. The van der Waals surface area contributed by atoms with Crippen molar-refractivity contribution >= 4 is 63.6 Å².